The van der Waals surface area contributed by atoms with E-state index >= 15 is 0 Å². The molecule has 0 fully saturated rings. The van der Waals surface area contributed by atoms with E-state index < -0.39 is 0 Å². The fraction of sp³-hybridized carbons (Fsp3) is 0.122. The standard InChI is InChI=1S/C49H40N2/c1-30(24-25-51-29-50)46-37-14-6-7-15-38(37)47(33-20-23-44-40(27-33)35-13-9-11-17-43(35)48(44,2)3)41-26-31(19-22-39(41)46)32-18-21-36-34-12-8-10-16-42(34)49(4,5)45(36)28-32/h6-29H,1H2,2-5H3,(H2,50,51)/b25-24-. The average Bonchev–Trinajstić information content (AvgIpc) is 3.52. The Balaban J connectivity index is 1.32. The Bertz CT molecular complexity index is 2670. The molecule has 0 unspecified atom stereocenters. The molecule has 0 radical (unpaired) electrons. The van der Waals surface area contributed by atoms with Crippen LogP contribution in [0.25, 0.3) is 71.6 Å². The van der Waals surface area contributed by atoms with Gasteiger partial charge in [-0.05, 0) is 124 Å². The van der Waals surface area contributed by atoms with Crippen molar-refractivity contribution in [2.45, 2.75) is 38.5 Å². The molecule has 7 aromatic carbocycles. The summed E-state index contributed by atoms with van der Waals surface area (Å²) in [6.07, 6.45) is 4.97. The molecular weight excluding hydrogens is 617 g/mol. The number of nitrogens with zero attached hydrogens (tertiary/aromatic N) is 1. The van der Waals surface area contributed by atoms with E-state index in [2.05, 4.69) is 167 Å². The molecule has 246 valence electrons. The average molecular weight is 657 g/mol. The minimum Gasteiger partial charge on any atom is -0.390 e. The molecule has 2 nitrogen and oxygen atoms in total. The monoisotopic (exact) mass is 656 g/mol. The Labute approximate surface area is 300 Å². The van der Waals surface area contributed by atoms with Crippen LogP contribution in [0.15, 0.2) is 151 Å². The van der Waals surface area contributed by atoms with Gasteiger partial charge < -0.3 is 5.73 Å². The van der Waals surface area contributed by atoms with E-state index in [4.69, 9.17) is 5.73 Å². The molecule has 0 heterocycles. The van der Waals surface area contributed by atoms with Crippen LogP contribution in [0.4, 0.5) is 0 Å². The van der Waals surface area contributed by atoms with E-state index in [-0.39, 0.29) is 10.8 Å². The van der Waals surface area contributed by atoms with Gasteiger partial charge >= 0.3 is 0 Å². The fourth-order valence-corrected chi connectivity index (χ4v) is 9.04. The molecule has 0 saturated heterocycles. The van der Waals surface area contributed by atoms with Crippen molar-refractivity contribution in [1.29, 1.82) is 0 Å². The molecule has 0 spiro atoms. The Morgan fingerprint density at radius 2 is 1.08 bits per heavy atom. The molecule has 2 heteroatoms. The van der Waals surface area contributed by atoms with Gasteiger partial charge in [-0.15, -0.1) is 0 Å². The molecule has 2 aliphatic rings. The lowest BCUT2D eigenvalue weighted by atomic mass is 9.80. The van der Waals surface area contributed by atoms with Crippen molar-refractivity contribution in [2.75, 3.05) is 0 Å². The SMILES string of the molecule is C=C(/C=C\N=C/N)c1c2ccccc2c(-c2ccc3c(c2)-c2ccccc2C3(C)C)c2cc(-c3ccc4c(c3)C(C)(C)c3ccccc3-4)ccc12. The van der Waals surface area contributed by atoms with Gasteiger partial charge in [-0.3, -0.25) is 0 Å². The van der Waals surface area contributed by atoms with Gasteiger partial charge in [-0.2, -0.15) is 0 Å². The molecule has 2 N–H and O–H groups in total. The zero-order chi connectivity index (χ0) is 35.1. The van der Waals surface area contributed by atoms with Crippen molar-refractivity contribution < 1.29 is 0 Å². The van der Waals surface area contributed by atoms with Crippen LogP contribution in [0.2, 0.25) is 0 Å². The van der Waals surface area contributed by atoms with Gasteiger partial charge in [0.05, 0.1) is 6.34 Å². The number of nitrogens with two attached hydrogens (primary N) is 1. The van der Waals surface area contributed by atoms with Crippen LogP contribution in [0.3, 0.4) is 0 Å². The van der Waals surface area contributed by atoms with Crippen LogP contribution in [-0.2, 0) is 10.8 Å². The third kappa shape index (κ3) is 4.53. The van der Waals surface area contributed by atoms with Gasteiger partial charge in [0.15, 0.2) is 0 Å². The lowest BCUT2D eigenvalue weighted by Crippen LogP contribution is -2.14. The van der Waals surface area contributed by atoms with Gasteiger partial charge in [-0.25, -0.2) is 4.99 Å². The maximum Gasteiger partial charge on any atom is 0.0852 e. The van der Waals surface area contributed by atoms with Crippen LogP contribution in [0.5, 0.6) is 0 Å². The number of aliphatic imine (C=N–C) groups is 1. The first-order chi connectivity index (χ1) is 24.7. The number of allylic oxidation sites excluding steroid dienone is 2. The number of rotatable bonds is 5. The second-order valence-corrected chi connectivity index (χ2v) is 15.1. The highest BCUT2D eigenvalue weighted by atomic mass is 14.8. The van der Waals surface area contributed by atoms with Crippen LogP contribution >= 0.6 is 0 Å². The Morgan fingerprint density at radius 1 is 0.529 bits per heavy atom. The van der Waals surface area contributed by atoms with E-state index in [9.17, 15) is 0 Å². The smallest absolute Gasteiger partial charge is 0.0852 e. The summed E-state index contributed by atoms with van der Waals surface area (Å²) >= 11 is 0. The number of benzene rings is 7. The van der Waals surface area contributed by atoms with Crippen molar-refractivity contribution in [3.63, 3.8) is 0 Å². The van der Waals surface area contributed by atoms with Gasteiger partial charge in [0.1, 0.15) is 0 Å². The van der Waals surface area contributed by atoms with Crippen LogP contribution < -0.4 is 5.73 Å². The van der Waals surface area contributed by atoms with E-state index in [0.717, 1.165) is 21.9 Å². The minimum atomic E-state index is -0.0715. The normalized spacial score (nSPS) is 15.0. The molecule has 0 bridgehead atoms. The first-order valence-electron chi connectivity index (χ1n) is 17.8. The highest BCUT2D eigenvalue weighted by Gasteiger charge is 2.36. The number of hydrogen-bond acceptors (Lipinski definition) is 1. The summed E-state index contributed by atoms with van der Waals surface area (Å²) in [5, 5.41) is 4.73. The summed E-state index contributed by atoms with van der Waals surface area (Å²) in [4.78, 5) is 4.15. The van der Waals surface area contributed by atoms with Gasteiger partial charge in [0.2, 0.25) is 0 Å². The first-order valence-corrected chi connectivity index (χ1v) is 17.8. The zero-order valence-corrected chi connectivity index (χ0v) is 29.6. The second kappa shape index (κ2) is 11.3. The molecular formula is C49H40N2. The molecule has 0 saturated carbocycles. The molecule has 0 amide bonds. The third-order valence-electron chi connectivity index (χ3n) is 11.6. The van der Waals surface area contributed by atoms with Gasteiger partial charge in [0, 0.05) is 17.0 Å². The Kier molecular flexibility index (Phi) is 6.85. The Hall–Kier alpha value is -5.99. The van der Waals surface area contributed by atoms with Crippen molar-refractivity contribution in [3.8, 4) is 44.5 Å². The lowest BCUT2D eigenvalue weighted by molar-refractivity contribution is 0.660. The topological polar surface area (TPSA) is 38.4 Å². The first kappa shape index (κ1) is 31.0. The molecule has 2 aliphatic carbocycles. The summed E-state index contributed by atoms with van der Waals surface area (Å²) in [7, 11) is 0. The number of hydrogen-bond donors (Lipinski definition) is 1. The van der Waals surface area contributed by atoms with E-state index in [0.29, 0.717) is 0 Å². The van der Waals surface area contributed by atoms with Crippen LogP contribution in [0.1, 0.15) is 55.5 Å². The summed E-state index contributed by atoms with van der Waals surface area (Å²) in [6.45, 7) is 13.9. The van der Waals surface area contributed by atoms with Crippen molar-refractivity contribution in [3.05, 3.63) is 174 Å². The quantitative estimate of drug-likeness (QED) is 0.0851. The van der Waals surface area contributed by atoms with E-state index in [1.54, 1.807) is 6.20 Å². The number of fused-ring (bicyclic) bond motifs is 8. The minimum absolute atomic E-state index is 0.0529. The lowest BCUT2D eigenvalue weighted by Gasteiger charge is -2.23. The highest BCUT2D eigenvalue weighted by Crippen LogP contribution is 2.52. The Morgan fingerprint density at radius 3 is 1.82 bits per heavy atom. The predicted octanol–water partition coefficient (Wildman–Crippen LogP) is 12.5. The summed E-state index contributed by atoms with van der Waals surface area (Å²) in [6, 6.07) is 47.6. The molecule has 0 atom stereocenters. The summed E-state index contributed by atoms with van der Waals surface area (Å²) < 4.78 is 0. The summed E-state index contributed by atoms with van der Waals surface area (Å²) in [5.74, 6) is 0. The largest absolute Gasteiger partial charge is 0.390 e. The van der Waals surface area contributed by atoms with Crippen molar-refractivity contribution in [2.24, 2.45) is 10.7 Å². The van der Waals surface area contributed by atoms with Gasteiger partial charge in [-0.1, -0.05) is 143 Å². The molecule has 7 aromatic rings. The van der Waals surface area contributed by atoms with Gasteiger partial charge in [0.25, 0.3) is 0 Å². The predicted molar refractivity (Wildman–Crippen MR) is 218 cm³/mol. The van der Waals surface area contributed by atoms with E-state index in [1.807, 2.05) is 6.08 Å². The summed E-state index contributed by atoms with van der Waals surface area (Å²) in [5.41, 5.74) is 23.2. The van der Waals surface area contributed by atoms with Crippen molar-refractivity contribution in [1.82, 2.24) is 0 Å². The zero-order valence-electron chi connectivity index (χ0n) is 29.6. The fourth-order valence-electron chi connectivity index (χ4n) is 9.04. The van der Waals surface area contributed by atoms with Crippen molar-refractivity contribution >= 4 is 33.5 Å². The maximum atomic E-state index is 5.58. The molecule has 9 rings (SSSR count). The second-order valence-electron chi connectivity index (χ2n) is 15.1. The molecule has 0 aliphatic heterocycles. The molecule has 0 aromatic heterocycles. The maximum absolute atomic E-state index is 5.58. The third-order valence-corrected chi connectivity index (χ3v) is 11.6. The van der Waals surface area contributed by atoms with E-state index in [1.165, 1.54) is 83.9 Å². The van der Waals surface area contributed by atoms with Crippen LogP contribution in [0, 0.1) is 0 Å². The molecule has 51 heavy (non-hydrogen) atoms. The van der Waals surface area contributed by atoms with Crippen LogP contribution in [-0.4, -0.2) is 6.34 Å². The highest BCUT2D eigenvalue weighted by molar-refractivity contribution is 6.20.